The molecule has 2 aromatic rings. The predicted molar refractivity (Wildman–Crippen MR) is 74.0 cm³/mol. The summed E-state index contributed by atoms with van der Waals surface area (Å²) in [4.78, 5) is 0. The van der Waals surface area contributed by atoms with Crippen LogP contribution >= 0.6 is 15.9 Å². The van der Waals surface area contributed by atoms with Gasteiger partial charge in [-0.05, 0) is 17.7 Å². The number of rotatable bonds is 6. The quantitative estimate of drug-likeness (QED) is 0.857. The van der Waals surface area contributed by atoms with Crippen LogP contribution in [0.25, 0.3) is 0 Å². The van der Waals surface area contributed by atoms with Crippen LogP contribution in [0.4, 0.5) is 0 Å². The Morgan fingerprint density at radius 1 is 1.17 bits per heavy atom. The van der Waals surface area contributed by atoms with Crippen LogP contribution in [0.1, 0.15) is 11.1 Å². The Morgan fingerprint density at radius 2 is 1.89 bits per heavy atom. The largest absolute Gasteiger partial charge is 0.394 e. The van der Waals surface area contributed by atoms with Crippen LogP contribution in [-0.2, 0) is 19.6 Å². The molecule has 0 atom stereocenters. The van der Waals surface area contributed by atoms with Gasteiger partial charge in [-0.15, -0.1) is 0 Å². The summed E-state index contributed by atoms with van der Waals surface area (Å²) in [7, 11) is 0. The minimum atomic E-state index is 0.118. The van der Waals surface area contributed by atoms with E-state index in [1.54, 1.807) is 4.68 Å². The lowest BCUT2D eigenvalue weighted by Gasteiger charge is -2.03. The molecule has 0 aliphatic rings. The Balaban J connectivity index is 1.79. The van der Waals surface area contributed by atoms with Crippen molar-refractivity contribution in [3.63, 3.8) is 0 Å². The van der Waals surface area contributed by atoms with E-state index in [9.17, 15) is 0 Å². The molecular weight excluding hydrogens is 294 g/mol. The summed E-state index contributed by atoms with van der Waals surface area (Å²) in [6.07, 6.45) is 3.77. The molecule has 5 heteroatoms. The molecule has 1 aromatic carbocycles. The van der Waals surface area contributed by atoms with Gasteiger partial charge in [0.15, 0.2) is 0 Å². The third kappa shape index (κ3) is 3.94. The molecule has 4 nitrogen and oxygen atoms in total. The maximum Gasteiger partial charge on any atom is 0.0640 e. The summed E-state index contributed by atoms with van der Waals surface area (Å²) in [5, 5.41) is 16.3. The van der Waals surface area contributed by atoms with Crippen LogP contribution in [-0.4, -0.2) is 21.5 Å². The third-order valence-electron chi connectivity index (χ3n) is 2.59. The van der Waals surface area contributed by atoms with Gasteiger partial charge >= 0.3 is 0 Å². The summed E-state index contributed by atoms with van der Waals surface area (Å²) < 4.78 is 2.84. The SMILES string of the molecule is OCCn1cc(CNCc2ccc(Br)cc2)cn1. The van der Waals surface area contributed by atoms with Crippen LogP contribution in [0.3, 0.4) is 0 Å². The highest BCUT2D eigenvalue weighted by Gasteiger charge is 1.98. The Labute approximate surface area is 115 Å². The molecule has 0 spiro atoms. The zero-order valence-corrected chi connectivity index (χ0v) is 11.6. The molecule has 0 aliphatic carbocycles. The standard InChI is InChI=1S/C13H16BrN3O/c14-13-3-1-11(2-4-13)7-15-8-12-9-16-17(10-12)5-6-18/h1-4,9-10,15,18H,5-8H2. The Kier molecular flexibility index (Phi) is 4.92. The number of aliphatic hydroxyl groups is 1. The van der Waals surface area contributed by atoms with E-state index in [1.807, 2.05) is 24.5 Å². The molecule has 1 aromatic heterocycles. The van der Waals surface area contributed by atoms with E-state index >= 15 is 0 Å². The van der Waals surface area contributed by atoms with Crippen LogP contribution in [0.2, 0.25) is 0 Å². The van der Waals surface area contributed by atoms with Crippen molar-refractivity contribution in [2.75, 3.05) is 6.61 Å². The zero-order chi connectivity index (χ0) is 12.8. The van der Waals surface area contributed by atoms with Gasteiger partial charge in [0, 0.05) is 29.3 Å². The highest BCUT2D eigenvalue weighted by molar-refractivity contribution is 9.10. The van der Waals surface area contributed by atoms with Crippen molar-refractivity contribution in [3.05, 3.63) is 52.3 Å². The second-order valence-corrected chi connectivity index (χ2v) is 4.98. The summed E-state index contributed by atoms with van der Waals surface area (Å²) in [5.74, 6) is 0. The van der Waals surface area contributed by atoms with Crippen LogP contribution in [0.15, 0.2) is 41.1 Å². The van der Waals surface area contributed by atoms with Gasteiger partial charge in [-0.1, -0.05) is 28.1 Å². The number of hydrogen-bond donors (Lipinski definition) is 2. The Hall–Kier alpha value is -1.17. The lowest BCUT2D eigenvalue weighted by Crippen LogP contribution is -2.12. The van der Waals surface area contributed by atoms with Gasteiger partial charge in [-0.3, -0.25) is 4.68 Å². The van der Waals surface area contributed by atoms with Crippen molar-refractivity contribution in [1.82, 2.24) is 15.1 Å². The molecule has 0 saturated heterocycles. The fourth-order valence-electron chi connectivity index (χ4n) is 1.68. The van der Waals surface area contributed by atoms with Crippen molar-refractivity contribution < 1.29 is 5.11 Å². The average Bonchev–Trinajstić information content (AvgIpc) is 2.80. The Morgan fingerprint density at radius 3 is 2.61 bits per heavy atom. The van der Waals surface area contributed by atoms with Crippen LogP contribution in [0.5, 0.6) is 0 Å². The predicted octanol–water partition coefficient (Wildman–Crippen LogP) is 1.93. The molecule has 2 N–H and O–H groups in total. The number of aromatic nitrogens is 2. The smallest absolute Gasteiger partial charge is 0.0640 e. The number of halogens is 1. The lowest BCUT2D eigenvalue weighted by atomic mass is 10.2. The monoisotopic (exact) mass is 309 g/mol. The maximum absolute atomic E-state index is 8.80. The number of nitrogens with zero attached hydrogens (tertiary/aromatic N) is 2. The first kappa shape index (κ1) is 13.3. The van der Waals surface area contributed by atoms with Crippen molar-refractivity contribution in [2.24, 2.45) is 0 Å². The topological polar surface area (TPSA) is 50.1 Å². The Bertz CT molecular complexity index is 481. The third-order valence-corrected chi connectivity index (χ3v) is 3.12. The van der Waals surface area contributed by atoms with E-state index in [4.69, 9.17) is 5.11 Å². The van der Waals surface area contributed by atoms with E-state index in [1.165, 1.54) is 5.56 Å². The van der Waals surface area contributed by atoms with Gasteiger partial charge in [0.05, 0.1) is 19.3 Å². The molecule has 0 unspecified atom stereocenters. The molecule has 0 fully saturated rings. The molecule has 0 amide bonds. The number of benzene rings is 1. The van der Waals surface area contributed by atoms with Gasteiger partial charge in [0.1, 0.15) is 0 Å². The maximum atomic E-state index is 8.80. The first-order valence-electron chi connectivity index (χ1n) is 5.85. The summed E-state index contributed by atoms with van der Waals surface area (Å²) >= 11 is 3.42. The van der Waals surface area contributed by atoms with Crippen LogP contribution < -0.4 is 5.32 Å². The normalized spacial score (nSPS) is 10.8. The highest BCUT2D eigenvalue weighted by atomic mass is 79.9. The highest BCUT2D eigenvalue weighted by Crippen LogP contribution is 2.10. The first-order valence-corrected chi connectivity index (χ1v) is 6.64. The molecule has 96 valence electrons. The second kappa shape index (κ2) is 6.68. The lowest BCUT2D eigenvalue weighted by molar-refractivity contribution is 0.269. The average molecular weight is 310 g/mol. The molecule has 0 bridgehead atoms. The number of nitrogens with one attached hydrogen (secondary N) is 1. The van der Waals surface area contributed by atoms with Crippen LogP contribution in [0, 0.1) is 0 Å². The second-order valence-electron chi connectivity index (χ2n) is 4.07. The zero-order valence-electron chi connectivity index (χ0n) is 10.0. The number of hydrogen-bond acceptors (Lipinski definition) is 3. The molecule has 0 aliphatic heterocycles. The minimum Gasteiger partial charge on any atom is -0.394 e. The van der Waals surface area contributed by atoms with E-state index in [0.29, 0.717) is 6.54 Å². The summed E-state index contributed by atoms with van der Waals surface area (Å²) in [6, 6.07) is 8.26. The van der Waals surface area contributed by atoms with Crippen molar-refractivity contribution >= 4 is 15.9 Å². The van der Waals surface area contributed by atoms with E-state index in [2.05, 4.69) is 38.5 Å². The van der Waals surface area contributed by atoms with E-state index in [-0.39, 0.29) is 6.61 Å². The fourth-order valence-corrected chi connectivity index (χ4v) is 1.94. The first-order chi connectivity index (χ1) is 8.78. The molecular formula is C13H16BrN3O. The van der Waals surface area contributed by atoms with Crippen molar-refractivity contribution in [1.29, 1.82) is 0 Å². The number of aliphatic hydroxyl groups excluding tert-OH is 1. The van der Waals surface area contributed by atoms with Crippen molar-refractivity contribution in [3.8, 4) is 0 Å². The van der Waals surface area contributed by atoms with E-state index in [0.717, 1.165) is 23.1 Å². The molecule has 1 heterocycles. The fraction of sp³-hybridized carbons (Fsp3) is 0.308. The van der Waals surface area contributed by atoms with Gasteiger partial charge in [0.25, 0.3) is 0 Å². The van der Waals surface area contributed by atoms with Gasteiger partial charge < -0.3 is 10.4 Å². The summed E-state index contributed by atoms with van der Waals surface area (Å²) in [5.41, 5.74) is 2.38. The van der Waals surface area contributed by atoms with E-state index < -0.39 is 0 Å². The van der Waals surface area contributed by atoms with Gasteiger partial charge in [-0.2, -0.15) is 5.10 Å². The molecule has 18 heavy (non-hydrogen) atoms. The summed E-state index contributed by atoms with van der Waals surface area (Å²) in [6.45, 7) is 2.28. The van der Waals surface area contributed by atoms with Crippen molar-refractivity contribution in [2.45, 2.75) is 19.6 Å². The van der Waals surface area contributed by atoms with Gasteiger partial charge in [0.2, 0.25) is 0 Å². The molecule has 0 radical (unpaired) electrons. The minimum absolute atomic E-state index is 0.118. The molecule has 2 rings (SSSR count). The van der Waals surface area contributed by atoms with Gasteiger partial charge in [-0.25, -0.2) is 0 Å². The molecule has 0 saturated carbocycles.